The lowest BCUT2D eigenvalue weighted by Gasteiger charge is -2.35. The zero-order chi connectivity index (χ0) is 11.7. The maximum absolute atomic E-state index is 4.44. The van der Waals surface area contributed by atoms with Gasteiger partial charge in [-0.2, -0.15) is 0 Å². The van der Waals surface area contributed by atoms with Crippen molar-refractivity contribution in [3.8, 4) is 0 Å². The second kappa shape index (κ2) is 4.56. The van der Waals surface area contributed by atoms with Crippen molar-refractivity contribution < 1.29 is 0 Å². The Hall–Kier alpha value is -1.24. The molecule has 3 heterocycles. The van der Waals surface area contributed by atoms with E-state index < -0.39 is 0 Å². The van der Waals surface area contributed by atoms with E-state index >= 15 is 0 Å². The highest BCUT2D eigenvalue weighted by Crippen LogP contribution is 2.23. The molecular weight excluding hydrogens is 284 g/mol. The lowest BCUT2D eigenvalue weighted by molar-refractivity contribution is 0.484. The highest BCUT2D eigenvalue weighted by molar-refractivity contribution is 9.09. The summed E-state index contributed by atoms with van der Waals surface area (Å²) in [5, 5.41) is 16.7. The molecule has 0 spiro atoms. The topological polar surface area (TPSA) is 59.2 Å². The molecule has 1 unspecified atom stereocenters. The Kier molecular flexibility index (Phi) is 2.92. The van der Waals surface area contributed by atoms with E-state index in [0.717, 1.165) is 17.7 Å². The highest BCUT2D eigenvalue weighted by atomic mass is 79.9. The quantitative estimate of drug-likeness (QED) is 0.781. The number of aromatic nitrogens is 5. The molecule has 3 rings (SSSR count). The highest BCUT2D eigenvalue weighted by Gasteiger charge is 2.23. The Balaban J connectivity index is 1.95. The molecule has 1 atom stereocenters. The van der Waals surface area contributed by atoms with Crippen LogP contribution in [-0.2, 0) is 0 Å². The van der Waals surface area contributed by atoms with Crippen LogP contribution in [0.1, 0.15) is 19.3 Å². The summed E-state index contributed by atoms with van der Waals surface area (Å²) in [6.45, 7) is 1.05. The molecule has 0 radical (unpaired) electrons. The molecular formula is C10H13BrN6. The molecule has 17 heavy (non-hydrogen) atoms. The first-order valence-corrected chi connectivity index (χ1v) is 6.88. The molecule has 0 saturated carbocycles. The van der Waals surface area contributed by atoms with Crippen molar-refractivity contribution in [1.29, 1.82) is 0 Å². The van der Waals surface area contributed by atoms with Crippen LogP contribution in [0.25, 0.3) is 5.65 Å². The zero-order valence-electron chi connectivity index (χ0n) is 9.33. The molecule has 1 saturated heterocycles. The van der Waals surface area contributed by atoms with Crippen molar-refractivity contribution >= 4 is 27.4 Å². The van der Waals surface area contributed by atoms with Crippen molar-refractivity contribution in [2.45, 2.75) is 25.3 Å². The summed E-state index contributed by atoms with van der Waals surface area (Å²) in [5.41, 5.74) is 0.682. The van der Waals surface area contributed by atoms with Crippen LogP contribution in [0.2, 0.25) is 0 Å². The Morgan fingerprint density at radius 2 is 2.29 bits per heavy atom. The van der Waals surface area contributed by atoms with Crippen molar-refractivity contribution in [3.63, 3.8) is 0 Å². The van der Waals surface area contributed by atoms with Crippen LogP contribution < -0.4 is 4.90 Å². The summed E-state index contributed by atoms with van der Waals surface area (Å²) >= 11 is 3.57. The number of anilines is 1. The first-order valence-electron chi connectivity index (χ1n) is 5.76. The largest absolute Gasteiger partial charge is 0.351 e. The Morgan fingerprint density at radius 3 is 3.18 bits per heavy atom. The van der Waals surface area contributed by atoms with Crippen LogP contribution in [0.4, 0.5) is 5.82 Å². The van der Waals surface area contributed by atoms with Crippen LogP contribution >= 0.6 is 15.9 Å². The van der Waals surface area contributed by atoms with E-state index in [9.17, 15) is 0 Å². The molecule has 6 nitrogen and oxygen atoms in total. The van der Waals surface area contributed by atoms with Crippen LogP contribution in [0.5, 0.6) is 0 Å². The number of alkyl halides is 1. The van der Waals surface area contributed by atoms with Crippen molar-refractivity contribution in [3.05, 3.63) is 12.1 Å². The molecule has 0 aromatic carbocycles. The minimum Gasteiger partial charge on any atom is -0.351 e. The van der Waals surface area contributed by atoms with Gasteiger partial charge < -0.3 is 4.90 Å². The molecule has 0 amide bonds. The number of piperidine rings is 1. The van der Waals surface area contributed by atoms with Gasteiger partial charge in [0.25, 0.3) is 0 Å². The van der Waals surface area contributed by atoms with Gasteiger partial charge in [0.2, 0.25) is 0 Å². The molecule has 0 N–H and O–H groups in total. The molecule has 90 valence electrons. The van der Waals surface area contributed by atoms with E-state index in [1.165, 1.54) is 23.9 Å². The van der Waals surface area contributed by atoms with E-state index in [1.54, 1.807) is 0 Å². The number of rotatable bonds is 2. The summed E-state index contributed by atoms with van der Waals surface area (Å²) < 4.78 is 1.48. The van der Waals surface area contributed by atoms with E-state index in [2.05, 4.69) is 41.5 Å². The number of halogens is 1. The van der Waals surface area contributed by atoms with Crippen molar-refractivity contribution in [2.75, 3.05) is 16.8 Å². The SMILES string of the molecule is BrCC1CCCCN1c1ccc2nnnn2n1. The maximum atomic E-state index is 4.44. The number of nitrogens with zero attached hydrogens (tertiary/aromatic N) is 6. The van der Waals surface area contributed by atoms with Gasteiger partial charge in [0, 0.05) is 17.9 Å². The van der Waals surface area contributed by atoms with Gasteiger partial charge in [0.05, 0.1) is 0 Å². The predicted octanol–water partition coefficient (Wildman–Crippen LogP) is 1.27. The fourth-order valence-corrected chi connectivity index (χ4v) is 2.93. The lowest BCUT2D eigenvalue weighted by Crippen LogP contribution is -2.41. The number of tetrazole rings is 1. The van der Waals surface area contributed by atoms with Gasteiger partial charge in [-0.15, -0.1) is 14.8 Å². The Morgan fingerprint density at radius 1 is 1.35 bits per heavy atom. The second-order valence-corrected chi connectivity index (χ2v) is 4.86. The average Bonchev–Trinajstić information content (AvgIpc) is 2.85. The second-order valence-electron chi connectivity index (χ2n) is 4.22. The lowest BCUT2D eigenvalue weighted by atomic mass is 10.0. The summed E-state index contributed by atoms with van der Waals surface area (Å²) in [5.74, 6) is 0.953. The van der Waals surface area contributed by atoms with Gasteiger partial charge in [-0.05, 0) is 41.8 Å². The van der Waals surface area contributed by atoms with Gasteiger partial charge in [-0.3, -0.25) is 0 Å². The molecule has 0 bridgehead atoms. The fourth-order valence-electron chi connectivity index (χ4n) is 2.26. The van der Waals surface area contributed by atoms with Crippen LogP contribution in [0.3, 0.4) is 0 Å². The minimum atomic E-state index is 0.519. The van der Waals surface area contributed by atoms with Crippen molar-refractivity contribution in [1.82, 2.24) is 25.3 Å². The molecule has 1 fully saturated rings. The van der Waals surface area contributed by atoms with E-state index in [0.29, 0.717) is 11.7 Å². The molecule has 2 aromatic rings. The molecule has 2 aromatic heterocycles. The minimum absolute atomic E-state index is 0.519. The zero-order valence-corrected chi connectivity index (χ0v) is 10.9. The maximum Gasteiger partial charge on any atom is 0.200 e. The van der Waals surface area contributed by atoms with E-state index in [4.69, 9.17) is 0 Å². The molecule has 1 aliphatic rings. The monoisotopic (exact) mass is 296 g/mol. The molecule has 0 aliphatic carbocycles. The van der Waals surface area contributed by atoms with Gasteiger partial charge >= 0.3 is 0 Å². The van der Waals surface area contributed by atoms with E-state index in [-0.39, 0.29) is 0 Å². The third kappa shape index (κ3) is 1.99. The molecule has 1 aliphatic heterocycles. The molecule has 7 heteroatoms. The summed E-state index contributed by atoms with van der Waals surface area (Å²) in [4.78, 5) is 2.33. The van der Waals surface area contributed by atoms with E-state index in [1.807, 2.05) is 12.1 Å². The predicted molar refractivity (Wildman–Crippen MR) is 67.4 cm³/mol. The van der Waals surface area contributed by atoms with Crippen LogP contribution in [0.15, 0.2) is 12.1 Å². The normalized spacial score (nSPS) is 21.0. The van der Waals surface area contributed by atoms with Gasteiger partial charge in [-0.25, -0.2) is 0 Å². The van der Waals surface area contributed by atoms with Crippen molar-refractivity contribution in [2.24, 2.45) is 0 Å². The van der Waals surface area contributed by atoms with Gasteiger partial charge in [0.15, 0.2) is 11.5 Å². The first kappa shape index (κ1) is 10.9. The van der Waals surface area contributed by atoms with Gasteiger partial charge in [-0.1, -0.05) is 15.9 Å². The summed E-state index contributed by atoms with van der Waals surface area (Å²) in [7, 11) is 0. The first-order chi connectivity index (χ1) is 8.38. The smallest absolute Gasteiger partial charge is 0.200 e. The van der Waals surface area contributed by atoms with Gasteiger partial charge in [0.1, 0.15) is 0 Å². The number of fused-ring (bicyclic) bond motifs is 1. The number of hydrogen-bond donors (Lipinski definition) is 0. The standard InChI is InChI=1S/C10H13BrN6/c11-7-8-3-1-2-6-16(8)10-5-4-9-12-14-15-17(9)13-10/h4-5,8H,1-3,6-7H2. The fraction of sp³-hybridized carbons (Fsp3) is 0.600. The average molecular weight is 297 g/mol. The van der Waals surface area contributed by atoms with Crippen LogP contribution in [0, 0.1) is 0 Å². The summed E-state index contributed by atoms with van der Waals surface area (Å²) in [6, 6.07) is 4.42. The Bertz CT molecular complexity index is 512. The third-order valence-electron chi connectivity index (χ3n) is 3.15. The van der Waals surface area contributed by atoms with Crippen LogP contribution in [-0.4, -0.2) is 43.2 Å². The number of hydrogen-bond acceptors (Lipinski definition) is 5. The Labute approximate surface area is 107 Å². The summed E-state index contributed by atoms with van der Waals surface area (Å²) in [6.07, 6.45) is 3.72. The third-order valence-corrected chi connectivity index (χ3v) is 3.90.